The summed E-state index contributed by atoms with van der Waals surface area (Å²) in [5.41, 5.74) is 3.79. The van der Waals surface area contributed by atoms with Crippen LogP contribution in [0.4, 0.5) is 5.13 Å². The summed E-state index contributed by atoms with van der Waals surface area (Å²) in [6.45, 7) is 2.04. The number of ether oxygens (including phenoxy) is 1. The molecule has 4 aromatic rings. The van der Waals surface area contributed by atoms with Crippen LogP contribution >= 0.6 is 23.1 Å². The van der Waals surface area contributed by atoms with Crippen molar-refractivity contribution in [3.05, 3.63) is 60.2 Å². The molecule has 0 fully saturated rings. The first-order chi connectivity index (χ1) is 14.1. The molecule has 0 spiro atoms. The number of nitrogens with one attached hydrogen (secondary N) is 1. The maximum Gasteiger partial charge on any atom is 0.236 e. The Bertz CT molecular complexity index is 1140. The molecule has 0 atom stereocenters. The molecule has 1 N–H and O–H groups in total. The summed E-state index contributed by atoms with van der Waals surface area (Å²) in [6.07, 6.45) is 0. The van der Waals surface area contributed by atoms with E-state index in [1.165, 1.54) is 28.7 Å². The van der Waals surface area contributed by atoms with E-state index >= 15 is 0 Å². The number of carbonyl (C=O) groups excluding carboxylic acids is 1. The summed E-state index contributed by atoms with van der Waals surface area (Å²) < 4.78 is 6.23. The van der Waals surface area contributed by atoms with Crippen molar-refractivity contribution >= 4 is 44.4 Å². The highest BCUT2D eigenvalue weighted by Crippen LogP contribution is 2.27. The van der Waals surface area contributed by atoms with Gasteiger partial charge in [0.1, 0.15) is 10.8 Å². The number of hydrogen-bond donors (Lipinski definition) is 1. The fourth-order valence-electron chi connectivity index (χ4n) is 2.69. The van der Waals surface area contributed by atoms with E-state index in [2.05, 4.69) is 26.6 Å². The normalized spacial score (nSPS) is 10.8. The molecule has 0 aliphatic heterocycles. The number of rotatable bonds is 6. The summed E-state index contributed by atoms with van der Waals surface area (Å²) in [4.78, 5) is 16.7. The second kappa shape index (κ2) is 8.59. The SMILES string of the molecule is COc1ccc(-c2ccc(SCC(=O)Nc3nc4ccc(C)cc4s3)nn2)cc1. The van der Waals surface area contributed by atoms with E-state index < -0.39 is 0 Å². The van der Waals surface area contributed by atoms with Crippen molar-refractivity contribution < 1.29 is 9.53 Å². The number of carbonyl (C=O) groups is 1. The second-order valence-electron chi connectivity index (χ2n) is 6.31. The number of aryl methyl sites for hydroxylation is 1. The Balaban J connectivity index is 1.34. The lowest BCUT2D eigenvalue weighted by atomic mass is 10.1. The number of anilines is 1. The first-order valence-corrected chi connectivity index (χ1v) is 10.7. The van der Waals surface area contributed by atoms with E-state index in [4.69, 9.17) is 4.74 Å². The number of aromatic nitrogens is 3. The van der Waals surface area contributed by atoms with Crippen LogP contribution in [0, 0.1) is 6.92 Å². The molecule has 2 aromatic heterocycles. The van der Waals surface area contributed by atoms with Crippen LogP contribution in [0.1, 0.15) is 5.56 Å². The van der Waals surface area contributed by atoms with Crippen LogP contribution in [0.15, 0.2) is 59.6 Å². The third-order valence-corrected chi connectivity index (χ3v) is 6.02. The molecule has 0 bridgehead atoms. The Kier molecular flexibility index (Phi) is 5.73. The highest BCUT2D eigenvalue weighted by Gasteiger charge is 2.10. The van der Waals surface area contributed by atoms with Gasteiger partial charge < -0.3 is 10.1 Å². The van der Waals surface area contributed by atoms with Crippen molar-refractivity contribution in [3.63, 3.8) is 0 Å². The van der Waals surface area contributed by atoms with Gasteiger partial charge in [-0.2, -0.15) is 0 Å². The molecule has 146 valence electrons. The van der Waals surface area contributed by atoms with Gasteiger partial charge in [-0.3, -0.25) is 4.79 Å². The molecule has 0 radical (unpaired) electrons. The molecular weight excluding hydrogens is 404 g/mol. The maximum atomic E-state index is 12.3. The minimum atomic E-state index is -0.119. The van der Waals surface area contributed by atoms with Crippen LogP contribution in [-0.4, -0.2) is 34.0 Å². The quantitative estimate of drug-likeness (QED) is 0.450. The fraction of sp³-hybridized carbons (Fsp3) is 0.143. The summed E-state index contributed by atoms with van der Waals surface area (Å²) in [5.74, 6) is 0.917. The molecule has 8 heteroatoms. The predicted octanol–water partition coefficient (Wildman–Crippen LogP) is 4.80. The summed E-state index contributed by atoms with van der Waals surface area (Å²) in [5, 5.41) is 12.6. The molecule has 0 saturated carbocycles. The maximum absolute atomic E-state index is 12.3. The second-order valence-corrected chi connectivity index (χ2v) is 8.34. The largest absolute Gasteiger partial charge is 0.497 e. The van der Waals surface area contributed by atoms with Crippen LogP contribution in [0.5, 0.6) is 5.75 Å². The fourth-order valence-corrected chi connectivity index (χ4v) is 4.29. The number of thiazole rings is 1. The van der Waals surface area contributed by atoms with Crippen LogP contribution in [0.25, 0.3) is 21.5 Å². The van der Waals surface area contributed by atoms with Crippen LogP contribution in [-0.2, 0) is 4.79 Å². The number of benzene rings is 2. The lowest BCUT2D eigenvalue weighted by molar-refractivity contribution is -0.113. The zero-order chi connectivity index (χ0) is 20.2. The molecule has 29 heavy (non-hydrogen) atoms. The van der Waals surface area contributed by atoms with Crippen molar-refractivity contribution in [1.29, 1.82) is 0 Å². The number of nitrogens with zero attached hydrogens (tertiary/aromatic N) is 3. The van der Waals surface area contributed by atoms with Crippen molar-refractivity contribution in [3.8, 4) is 17.0 Å². The Labute approximate surface area is 176 Å². The number of methoxy groups -OCH3 is 1. The average molecular weight is 423 g/mol. The monoisotopic (exact) mass is 422 g/mol. The van der Waals surface area contributed by atoms with E-state index in [1.54, 1.807) is 7.11 Å². The highest BCUT2D eigenvalue weighted by atomic mass is 32.2. The van der Waals surface area contributed by atoms with Gasteiger partial charge in [-0.15, -0.1) is 10.2 Å². The summed E-state index contributed by atoms with van der Waals surface area (Å²) in [7, 11) is 1.63. The zero-order valence-corrected chi connectivity index (χ0v) is 17.5. The van der Waals surface area contributed by atoms with Crippen LogP contribution < -0.4 is 10.1 Å². The van der Waals surface area contributed by atoms with E-state index in [0.717, 1.165) is 27.2 Å². The number of fused-ring (bicyclic) bond motifs is 1. The third-order valence-electron chi connectivity index (χ3n) is 4.17. The molecule has 1 amide bonds. The third kappa shape index (κ3) is 4.72. The molecule has 2 aromatic carbocycles. The first kappa shape index (κ1) is 19.4. The molecule has 0 aliphatic carbocycles. The number of amides is 1. The molecule has 2 heterocycles. The highest BCUT2D eigenvalue weighted by molar-refractivity contribution is 7.99. The Morgan fingerprint density at radius 2 is 1.93 bits per heavy atom. The molecular formula is C21H18N4O2S2. The van der Waals surface area contributed by atoms with Crippen LogP contribution in [0.2, 0.25) is 0 Å². The standard InChI is InChI=1S/C21H18N4O2S2/c1-13-3-8-17-18(11-13)29-21(22-17)23-19(26)12-28-20-10-9-16(24-25-20)14-4-6-15(27-2)7-5-14/h3-11H,12H2,1-2H3,(H,22,23,26). The number of thioether (sulfide) groups is 1. The van der Waals surface area contributed by atoms with Gasteiger partial charge in [0.15, 0.2) is 5.13 Å². The van der Waals surface area contributed by atoms with Gasteiger partial charge >= 0.3 is 0 Å². The minimum Gasteiger partial charge on any atom is -0.497 e. The average Bonchev–Trinajstić information content (AvgIpc) is 3.14. The molecule has 0 saturated heterocycles. The predicted molar refractivity (Wildman–Crippen MR) is 118 cm³/mol. The lowest BCUT2D eigenvalue weighted by Gasteiger charge is -2.04. The first-order valence-electron chi connectivity index (χ1n) is 8.89. The smallest absolute Gasteiger partial charge is 0.236 e. The minimum absolute atomic E-state index is 0.119. The molecule has 0 unspecified atom stereocenters. The van der Waals surface area contributed by atoms with Gasteiger partial charge in [-0.25, -0.2) is 4.98 Å². The van der Waals surface area contributed by atoms with Gasteiger partial charge in [0.25, 0.3) is 0 Å². The molecule has 6 nitrogen and oxygen atoms in total. The van der Waals surface area contributed by atoms with Crippen LogP contribution in [0.3, 0.4) is 0 Å². The van der Waals surface area contributed by atoms with Crippen molar-refractivity contribution in [1.82, 2.24) is 15.2 Å². The van der Waals surface area contributed by atoms with Crippen molar-refractivity contribution in [2.45, 2.75) is 11.9 Å². The van der Waals surface area contributed by atoms with Crippen molar-refractivity contribution in [2.24, 2.45) is 0 Å². The van der Waals surface area contributed by atoms with Gasteiger partial charge in [0, 0.05) is 5.56 Å². The van der Waals surface area contributed by atoms with Gasteiger partial charge in [-0.05, 0) is 61.0 Å². The van der Waals surface area contributed by atoms with E-state index in [9.17, 15) is 4.79 Å². The lowest BCUT2D eigenvalue weighted by Crippen LogP contribution is -2.13. The van der Waals surface area contributed by atoms with Crippen molar-refractivity contribution in [2.75, 3.05) is 18.2 Å². The van der Waals surface area contributed by atoms with E-state index in [0.29, 0.717) is 10.2 Å². The van der Waals surface area contributed by atoms with E-state index in [-0.39, 0.29) is 11.7 Å². The van der Waals surface area contributed by atoms with Gasteiger partial charge in [-0.1, -0.05) is 29.2 Å². The summed E-state index contributed by atoms with van der Waals surface area (Å²) in [6, 6.07) is 17.4. The Morgan fingerprint density at radius 3 is 2.66 bits per heavy atom. The summed E-state index contributed by atoms with van der Waals surface area (Å²) >= 11 is 2.81. The zero-order valence-electron chi connectivity index (χ0n) is 15.9. The Hall–Kier alpha value is -2.97. The van der Waals surface area contributed by atoms with E-state index in [1.807, 2.05) is 55.5 Å². The molecule has 0 aliphatic rings. The Morgan fingerprint density at radius 1 is 1.10 bits per heavy atom. The topological polar surface area (TPSA) is 77.0 Å². The molecule has 4 rings (SSSR count). The number of hydrogen-bond acceptors (Lipinski definition) is 7. The van der Waals surface area contributed by atoms with Gasteiger partial charge in [0.2, 0.25) is 5.91 Å². The van der Waals surface area contributed by atoms with Gasteiger partial charge in [0.05, 0.1) is 28.8 Å².